The van der Waals surface area contributed by atoms with Crippen LogP contribution in [-0.4, -0.2) is 25.8 Å². The van der Waals surface area contributed by atoms with Gasteiger partial charge in [0.2, 0.25) is 5.16 Å². The van der Waals surface area contributed by atoms with Gasteiger partial charge in [0.25, 0.3) is 0 Å². The van der Waals surface area contributed by atoms with Crippen molar-refractivity contribution in [3.05, 3.63) is 65.2 Å². The summed E-state index contributed by atoms with van der Waals surface area (Å²) in [6.45, 7) is 2.12. The van der Waals surface area contributed by atoms with Gasteiger partial charge in [0.15, 0.2) is 5.82 Å². The summed E-state index contributed by atoms with van der Waals surface area (Å²) in [6, 6.07) is 17.7. The van der Waals surface area contributed by atoms with E-state index < -0.39 is 0 Å². The first-order valence-electron chi connectivity index (χ1n) is 7.24. The van der Waals surface area contributed by atoms with Crippen molar-refractivity contribution < 1.29 is 0 Å². The van der Waals surface area contributed by atoms with Crippen LogP contribution in [0.5, 0.6) is 0 Å². The molecule has 4 rings (SSSR count). The van der Waals surface area contributed by atoms with E-state index >= 15 is 0 Å². The van der Waals surface area contributed by atoms with Gasteiger partial charge in [0.05, 0.1) is 11.0 Å². The largest absolute Gasteiger partial charge is 0.213 e. The van der Waals surface area contributed by atoms with E-state index in [2.05, 4.69) is 17.1 Å². The predicted molar refractivity (Wildman–Crippen MR) is 94.2 cm³/mol. The molecule has 1 unspecified atom stereocenters. The first kappa shape index (κ1) is 14.5. The molecule has 0 saturated carbocycles. The van der Waals surface area contributed by atoms with Crippen LogP contribution >= 0.6 is 23.4 Å². The van der Waals surface area contributed by atoms with Crippen LogP contribution < -0.4 is 0 Å². The molecular formula is C17H13ClN4S. The van der Waals surface area contributed by atoms with Crippen molar-refractivity contribution in [1.82, 2.24) is 14.9 Å². The van der Waals surface area contributed by atoms with Crippen LogP contribution in [0.25, 0.3) is 11.4 Å². The molecule has 114 valence electrons. The number of rotatable bonds is 2. The molecule has 0 fully saturated rings. The minimum atomic E-state index is 0.205. The Hall–Kier alpha value is -2.11. The van der Waals surface area contributed by atoms with Crippen LogP contribution in [0.4, 0.5) is 0 Å². The maximum atomic E-state index is 5.99. The van der Waals surface area contributed by atoms with E-state index in [1.165, 1.54) is 0 Å². The number of nitrogens with zero attached hydrogens (tertiary/aromatic N) is 4. The Labute approximate surface area is 143 Å². The van der Waals surface area contributed by atoms with E-state index in [-0.39, 0.29) is 5.25 Å². The van der Waals surface area contributed by atoms with Crippen LogP contribution in [0.15, 0.2) is 64.9 Å². The molecule has 1 aliphatic heterocycles. The van der Waals surface area contributed by atoms with Crippen molar-refractivity contribution in [2.45, 2.75) is 17.3 Å². The molecule has 1 aliphatic rings. The van der Waals surface area contributed by atoms with E-state index in [0.29, 0.717) is 0 Å². The second-order valence-electron chi connectivity index (χ2n) is 5.24. The summed E-state index contributed by atoms with van der Waals surface area (Å²) < 4.78 is 1.82. The fourth-order valence-corrected chi connectivity index (χ4v) is 3.56. The highest BCUT2D eigenvalue weighted by Crippen LogP contribution is 2.32. The Morgan fingerprint density at radius 3 is 2.43 bits per heavy atom. The second kappa shape index (κ2) is 5.83. The summed E-state index contributed by atoms with van der Waals surface area (Å²) in [5.74, 6) is 0.756. The minimum absolute atomic E-state index is 0.205. The molecule has 3 aromatic rings. The molecule has 0 bridgehead atoms. The quantitative estimate of drug-likeness (QED) is 0.696. The number of hydrogen-bond donors (Lipinski definition) is 0. The second-order valence-corrected chi connectivity index (χ2v) is 6.98. The van der Waals surface area contributed by atoms with Crippen molar-refractivity contribution in [3.63, 3.8) is 0 Å². The molecule has 0 aliphatic carbocycles. The highest BCUT2D eigenvalue weighted by Gasteiger charge is 2.26. The van der Waals surface area contributed by atoms with Gasteiger partial charge >= 0.3 is 0 Å². The zero-order chi connectivity index (χ0) is 15.8. The van der Waals surface area contributed by atoms with Crippen LogP contribution in [0.1, 0.15) is 12.5 Å². The lowest BCUT2D eigenvalue weighted by molar-refractivity contribution is 0.754. The standard InChI is InChI=1S/C17H13ClN4S/c1-11-15(12-7-9-14(18)10-8-12)21-22-16(19-20-17(22)23-11)13-5-3-2-4-6-13/h2-11H,1H3. The third kappa shape index (κ3) is 2.66. The van der Waals surface area contributed by atoms with Gasteiger partial charge in [-0.3, -0.25) is 0 Å². The Kier molecular flexibility index (Phi) is 3.67. The number of aromatic nitrogens is 3. The van der Waals surface area contributed by atoms with Crippen LogP contribution in [0, 0.1) is 0 Å². The number of fused-ring (bicyclic) bond motifs is 1. The summed E-state index contributed by atoms with van der Waals surface area (Å²) in [6.07, 6.45) is 0. The fourth-order valence-electron chi connectivity index (χ4n) is 2.51. The summed E-state index contributed by atoms with van der Waals surface area (Å²) in [7, 11) is 0. The molecule has 2 heterocycles. The van der Waals surface area contributed by atoms with E-state index in [4.69, 9.17) is 16.7 Å². The normalized spacial score (nSPS) is 16.8. The van der Waals surface area contributed by atoms with E-state index in [9.17, 15) is 0 Å². The van der Waals surface area contributed by atoms with Crippen LogP contribution in [0.2, 0.25) is 5.02 Å². The van der Waals surface area contributed by atoms with Gasteiger partial charge in [-0.1, -0.05) is 65.8 Å². The lowest BCUT2D eigenvalue weighted by atomic mass is 10.1. The molecule has 23 heavy (non-hydrogen) atoms. The predicted octanol–water partition coefficient (Wildman–Crippen LogP) is 4.35. The van der Waals surface area contributed by atoms with Crippen molar-refractivity contribution in [1.29, 1.82) is 0 Å². The van der Waals surface area contributed by atoms with Gasteiger partial charge in [-0.15, -0.1) is 10.2 Å². The monoisotopic (exact) mass is 340 g/mol. The minimum Gasteiger partial charge on any atom is -0.187 e. The molecule has 2 aromatic carbocycles. The Balaban J connectivity index is 1.83. The lowest BCUT2D eigenvalue weighted by Crippen LogP contribution is -2.21. The van der Waals surface area contributed by atoms with Gasteiger partial charge in [0.1, 0.15) is 0 Å². The smallest absolute Gasteiger partial charge is 0.187 e. The SMILES string of the molecule is CC1Sc2nnc(-c3ccccc3)n2N=C1c1ccc(Cl)cc1. The van der Waals surface area contributed by atoms with Crippen LogP contribution in [0.3, 0.4) is 0 Å². The van der Waals surface area contributed by atoms with E-state index in [0.717, 1.165) is 32.8 Å². The number of thioether (sulfide) groups is 1. The topological polar surface area (TPSA) is 43.1 Å². The molecule has 1 atom stereocenters. The van der Waals surface area contributed by atoms with Gasteiger partial charge in [-0.2, -0.15) is 9.78 Å². The molecule has 6 heteroatoms. The van der Waals surface area contributed by atoms with Gasteiger partial charge in [-0.05, 0) is 24.6 Å². The molecular weight excluding hydrogens is 328 g/mol. The lowest BCUT2D eigenvalue weighted by Gasteiger charge is -2.20. The zero-order valence-corrected chi connectivity index (χ0v) is 13.9. The fraction of sp³-hybridized carbons (Fsp3) is 0.118. The summed E-state index contributed by atoms with van der Waals surface area (Å²) in [5.41, 5.74) is 3.06. The Morgan fingerprint density at radius 2 is 1.70 bits per heavy atom. The van der Waals surface area contributed by atoms with Gasteiger partial charge < -0.3 is 0 Å². The number of hydrogen-bond acceptors (Lipinski definition) is 4. The average molecular weight is 341 g/mol. The number of benzene rings is 2. The Morgan fingerprint density at radius 1 is 0.957 bits per heavy atom. The third-order valence-corrected chi connectivity index (χ3v) is 4.95. The molecule has 0 amide bonds. The zero-order valence-electron chi connectivity index (χ0n) is 12.3. The maximum absolute atomic E-state index is 5.99. The van der Waals surface area contributed by atoms with Crippen molar-refractivity contribution in [2.24, 2.45) is 5.10 Å². The van der Waals surface area contributed by atoms with Crippen molar-refractivity contribution in [3.8, 4) is 11.4 Å². The number of halogens is 1. The highest BCUT2D eigenvalue weighted by molar-refractivity contribution is 8.00. The van der Waals surface area contributed by atoms with Crippen LogP contribution in [-0.2, 0) is 0 Å². The third-order valence-electron chi connectivity index (χ3n) is 3.66. The first-order valence-corrected chi connectivity index (χ1v) is 8.50. The molecule has 0 radical (unpaired) electrons. The average Bonchev–Trinajstić information content (AvgIpc) is 2.98. The van der Waals surface area contributed by atoms with Crippen molar-refractivity contribution >= 4 is 29.1 Å². The first-order chi connectivity index (χ1) is 11.2. The molecule has 0 saturated heterocycles. The summed E-state index contributed by atoms with van der Waals surface area (Å²) >= 11 is 7.65. The van der Waals surface area contributed by atoms with Gasteiger partial charge in [0, 0.05) is 10.6 Å². The molecule has 4 nitrogen and oxygen atoms in total. The molecule has 0 N–H and O–H groups in total. The van der Waals surface area contributed by atoms with Gasteiger partial charge in [-0.25, -0.2) is 0 Å². The van der Waals surface area contributed by atoms with E-state index in [1.54, 1.807) is 11.8 Å². The summed E-state index contributed by atoms with van der Waals surface area (Å²) in [4.78, 5) is 0. The maximum Gasteiger partial charge on any atom is 0.213 e. The molecule has 0 spiro atoms. The molecule has 1 aromatic heterocycles. The summed E-state index contributed by atoms with van der Waals surface area (Å²) in [5, 5.41) is 15.1. The Bertz CT molecular complexity index is 871. The van der Waals surface area contributed by atoms with Crippen molar-refractivity contribution in [2.75, 3.05) is 0 Å². The highest BCUT2D eigenvalue weighted by atomic mass is 35.5. The van der Waals surface area contributed by atoms with E-state index in [1.807, 2.05) is 59.3 Å².